The van der Waals surface area contributed by atoms with Gasteiger partial charge in [-0.15, -0.1) is 0 Å². The molecule has 6 heteroatoms. The van der Waals surface area contributed by atoms with E-state index in [1.165, 1.54) is 6.92 Å². The average Bonchev–Trinajstić information content (AvgIpc) is 2.97. The minimum Gasteiger partial charge on any atom is -0.493 e. The molecule has 134 valence electrons. The second-order valence-electron chi connectivity index (χ2n) is 6.57. The lowest BCUT2D eigenvalue weighted by Gasteiger charge is -2.31. The smallest absolute Gasteiger partial charge is 0.289 e. The monoisotopic (exact) mass is 344 g/mol. The van der Waals surface area contributed by atoms with Crippen molar-refractivity contribution in [2.24, 2.45) is 5.92 Å². The molecule has 1 saturated heterocycles. The van der Waals surface area contributed by atoms with Crippen molar-refractivity contribution in [3.63, 3.8) is 0 Å². The number of rotatable bonds is 4. The number of nitrogens with zero attached hydrogens (tertiary/aromatic N) is 1. The molecule has 2 heterocycles. The van der Waals surface area contributed by atoms with Crippen LogP contribution in [0.3, 0.4) is 0 Å². The van der Waals surface area contributed by atoms with Gasteiger partial charge in [-0.3, -0.25) is 9.59 Å². The first-order valence-electron chi connectivity index (χ1n) is 8.61. The van der Waals surface area contributed by atoms with Crippen molar-refractivity contribution in [1.29, 1.82) is 0 Å². The predicted octanol–water partition coefficient (Wildman–Crippen LogP) is 2.74. The van der Waals surface area contributed by atoms with Gasteiger partial charge < -0.3 is 19.4 Å². The number of ether oxygens (including phenoxy) is 1. The van der Waals surface area contributed by atoms with E-state index in [1.54, 1.807) is 7.11 Å². The van der Waals surface area contributed by atoms with E-state index in [9.17, 15) is 9.59 Å². The van der Waals surface area contributed by atoms with Crippen molar-refractivity contribution < 1.29 is 18.7 Å². The molecule has 0 bridgehead atoms. The maximum Gasteiger partial charge on any atom is 0.289 e. The van der Waals surface area contributed by atoms with Gasteiger partial charge in [0.05, 0.1) is 7.11 Å². The fourth-order valence-corrected chi connectivity index (χ4v) is 3.35. The molecule has 0 unspecified atom stereocenters. The van der Waals surface area contributed by atoms with Crippen LogP contribution in [0.2, 0.25) is 0 Å². The molecule has 1 N–H and O–H groups in total. The number of amides is 2. The lowest BCUT2D eigenvalue weighted by Crippen LogP contribution is -2.41. The highest BCUT2D eigenvalue weighted by Crippen LogP contribution is 2.33. The summed E-state index contributed by atoms with van der Waals surface area (Å²) in [5.74, 6) is 1.36. The molecular formula is C19H24N2O4. The standard InChI is InChI=1S/C19H24N2O4/c1-12-15-5-4-6-16(24-3)18(15)25-17(12)19(23)21-9-7-14(8-10-21)11-20-13(2)22/h4-6,14H,7-11H2,1-3H3,(H,20,22). The Morgan fingerprint density at radius 1 is 1.32 bits per heavy atom. The second kappa shape index (κ2) is 7.17. The molecule has 2 amide bonds. The van der Waals surface area contributed by atoms with Gasteiger partial charge in [0.15, 0.2) is 17.1 Å². The number of benzene rings is 1. The van der Waals surface area contributed by atoms with Crippen molar-refractivity contribution in [3.05, 3.63) is 29.5 Å². The van der Waals surface area contributed by atoms with Gasteiger partial charge in [0.1, 0.15) is 0 Å². The van der Waals surface area contributed by atoms with Crippen molar-refractivity contribution in [1.82, 2.24) is 10.2 Å². The first kappa shape index (κ1) is 17.3. The number of hydrogen-bond donors (Lipinski definition) is 1. The molecular weight excluding hydrogens is 320 g/mol. The minimum absolute atomic E-state index is 0.00893. The van der Waals surface area contributed by atoms with Gasteiger partial charge in [0.25, 0.3) is 5.91 Å². The van der Waals surface area contributed by atoms with E-state index in [1.807, 2.05) is 30.0 Å². The molecule has 0 atom stereocenters. The van der Waals surface area contributed by atoms with Gasteiger partial charge in [-0.25, -0.2) is 0 Å². The summed E-state index contributed by atoms with van der Waals surface area (Å²) in [5, 5.41) is 3.76. The Kier molecular flexibility index (Phi) is 4.97. The Balaban J connectivity index is 1.73. The van der Waals surface area contributed by atoms with Gasteiger partial charge in [0.2, 0.25) is 5.91 Å². The SMILES string of the molecule is COc1cccc2c(C)c(C(=O)N3CCC(CNC(C)=O)CC3)oc12. The summed E-state index contributed by atoms with van der Waals surface area (Å²) in [6.07, 6.45) is 1.77. The van der Waals surface area contributed by atoms with E-state index in [0.717, 1.165) is 23.8 Å². The summed E-state index contributed by atoms with van der Waals surface area (Å²) in [6, 6.07) is 5.66. The summed E-state index contributed by atoms with van der Waals surface area (Å²) < 4.78 is 11.2. The maximum atomic E-state index is 12.9. The molecule has 1 aliphatic rings. The van der Waals surface area contributed by atoms with Crippen LogP contribution in [-0.4, -0.2) is 43.5 Å². The summed E-state index contributed by atoms with van der Waals surface area (Å²) in [7, 11) is 1.59. The summed E-state index contributed by atoms with van der Waals surface area (Å²) in [5.41, 5.74) is 1.46. The third-order valence-electron chi connectivity index (χ3n) is 4.88. The molecule has 0 spiro atoms. The number of nitrogens with one attached hydrogen (secondary N) is 1. The van der Waals surface area contributed by atoms with Crippen molar-refractivity contribution in [3.8, 4) is 5.75 Å². The first-order chi connectivity index (χ1) is 12.0. The van der Waals surface area contributed by atoms with E-state index in [2.05, 4.69) is 5.32 Å². The molecule has 1 aromatic carbocycles. The largest absolute Gasteiger partial charge is 0.493 e. The Hall–Kier alpha value is -2.50. The Labute approximate surface area is 147 Å². The summed E-state index contributed by atoms with van der Waals surface area (Å²) in [4.78, 5) is 25.7. The Morgan fingerprint density at radius 3 is 2.68 bits per heavy atom. The number of likely N-dealkylation sites (tertiary alicyclic amines) is 1. The maximum absolute atomic E-state index is 12.9. The molecule has 1 aliphatic heterocycles. The zero-order chi connectivity index (χ0) is 18.0. The number of methoxy groups -OCH3 is 1. The normalized spacial score (nSPS) is 15.4. The van der Waals surface area contributed by atoms with E-state index in [-0.39, 0.29) is 11.8 Å². The number of carbonyl (C=O) groups is 2. The van der Waals surface area contributed by atoms with Crippen LogP contribution in [0.25, 0.3) is 11.0 Å². The summed E-state index contributed by atoms with van der Waals surface area (Å²) >= 11 is 0. The van der Waals surface area contributed by atoms with E-state index in [4.69, 9.17) is 9.15 Å². The fourth-order valence-electron chi connectivity index (χ4n) is 3.35. The number of furan rings is 1. The van der Waals surface area contributed by atoms with Crippen molar-refractivity contribution in [2.45, 2.75) is 26.7 Å². The molecule has 6 nitrogen and oxygen atoms in total. The van der Waals surface area contributed by atoms with Gasteiger partial charge in [-0.05, 0) is 31.7 Å². The van der Waals surface area contributed by atoms with Crippen LogP contribution >= 0.6 is 0 Å². The quantitative estimate of drug-likeness (QED) is 0.926. The number of fused-ring (bicyclic) bond motifs is 1. The van der Waals surface area contributed by atoms with Crippen LogP contribution in [0.1, 0.15) is 35.9 Å². The molecule has 1 aromatic heterocycles. The van der Waals surface area contributed by atoms with Crippen LogP contribution in [-0.2, 0) is 4.79 Å². The highest BCUT2D eigenvalue weighted by molar-refractivity contribution is 6.00. The average molecular weight is 344 g/mol. The minimum atomic E-state index is -0.0752. The lowest BCUT2D eigenvalue weighted by molar-refractivity contribution is -0.119. The predicted molar refractivity (Wildman–Crippen MR) is 94.8 cm³/mol. The second-order valence-corrected chi connectivity index (χ2v) is 6.57. The third-order valence-corrected chi connectivity index (χ3v) is 4.88. The van der Waals surface area contributed by atoms with E-state index < -0.39 is 0 Å². The fraction of sp³-hybridized carbons (Fsp3) is 0.474. The Morgan fingerprint density at radius 2 is 2.04 bits per heavy atom. The van der Waals surface area contributed by atoms with Crippen LogP contribution in [0, 0.1) is 12.8 Å². The van der Waals surface area contributed by atoms with Gasteiger partial charge in [-0.2, -0.15) is 0 Å². The molecule has 1 fully saturated rings. The van der Waals surface area contributed by atoms with E-state index in [0.29, 0.717) is 42.6 Å². The van der Waals surface area contributed by atoms with Crippen molar-refractivity contribution in [2.75, 3.05) is 26.7 Å². The lowest BCUT2D eigenvalue weighted by atomic mass is 9.96. The zero-order valence-electron chi connectivity index (χ0n) is 14.9. The van der Waals surface area contributed by atoms with Crippen LogP contribution in [0.15, 0.2) is 22.6 Å². The first-order valence-corrected chi connectivity index (χ1v) is 8.61. The number of aryl methyl sites for hydroxylation is 1. The highest BCUT2D eigenvalue weighted by atomic mass is 16.5. The topological polar surface area (TPSA) is 71.8 Å². The molecule has 0 radical (unpaired) electrons. The van der Waals surface area contributed by atoms with Crippen LogP contribution in [0.5, 0.6) is 5.75 Å². The number of para-hydroxylation sites is 1. The molecule has 3 rings (SSSR count). The number of hydrogen-bond acceptors (Lipinski definition) is 4. The van der Waals surface area contributed by atoms with Crippen molar-refractivity contribution >= 4 is 22.8 Å². The molecule has 2 aromatic rings. The molecule has 25 heavy (non-hydrogen) atoms. The van der Waals surface area contributed by atoms with Gasteiger partial charge >= 0.3 is 0 Å². The van der Waals surface area contributed by atoms with Gasteiger partial charge in [0, 0.05) is 37.5 Å². The molecule has 0 saturated carbocycles. The molecule has 0 aliphatic carbocycles. The number of piperidine rings is 1. The zero-order valence-corrected chi connectivity index (χ0v) is 14.9. The highest BCUT2D eigenvalue weighted by Gasteiger charge is 2.28. The van der Waals surface area contributed by atoms with E-state index >= 15 is 0 Å². The van der Waals surface area contributed by atoms with Crippen LogP contribution in [0.4, 0.5) is 0 Å². The van der Waals surface area contributed by atoms with Crippen LogP contribution < -0.4 is 10.1 Å². The third kappa shape index (κ3) is 3.48. The van der Waals surface area contributed by atoms with Gasteiger partial charge in [-0.1, -0.05) is 12.1 Å². The number of carbonyl (C=O) groups excluding carboxylic acids is 2. The Bertz CT molecular complexity index is 788. The summed E-state index contributed by atoms with van der Waals surface area (Å²) in [6.45, 7) is 5.46.